The molecule has 122 valence electrons. The number of nitrogens with zero attached hydrogens (tertiary/aromatic N) is 1. The van der Waals surface area contributed by atoms with E-state index in [2.05, 4.69) is 41.8 Å². The molecule has 0 aliphatic heterocycles. The first-order valence-electron chi connectivity index (χ1n) is 7.93. The summed E-state index contributed by atoms with van der Waals surface area (Å²) < 4.78 is 5.09. The third-order valence-electron chi connectivity index (χ3n) is 5.07. The van der Waals surface area contributed by atoms with Gasteiger partial charge >= 0.3 is 6.03 Å². The Labute approximate surface area is 136 Å². The maximum atomic E-state index is 12.5. The topological polar surface area (TPSA) is 67.2 Å². The molecule has 1 aliphatic rings. The van der Waals surface area contributed by atoms with Gasteiger partial charge in [0.25, 0.3) is 0 Å². The summed E-state index contributed by atoms with van der Waals surface area (Å²) in [6.45, 7) is 7.97. The molecule has 0 unspecified atom stereocenters. The molecule has 1 fully saturated rings. The van der Waals surface area contributed by atoms with Gasteiger partial charge in [0.1, 0.15) is 11.4 Å². The van der Waals surface area contributed by atoms with Crippen molar-refractivity contribution in [1.29, 1.82) is 0 Å². The van der Waals surface area contributed by atoms with Crippen LogP contribution in [0, 0.1) is 13.8 Å². The molecule has 1 aliphatic carbocycles. The van der Waals surface area contributed by atoms with Crippen molar-refractivity contribution in [2.45, 2.75) is 51.5 Å². The lowest BCUT2D eigenvalue weighted by molar-refractivity contribution is 0.236. The number of aryl methyl sites for hydroxylation is 2. The van der Waals surface area contributed by atoms with Crippen LogP contribution in [0.4, 0.5) is 10.5 Å². The van der Waals surface area contributed by atoms with Gasteiger partial charge in [-0.15, -0.1) is 0 Å². The molecular formula is C18H23N3O2. The molecule has 5 nitrogen and oxygen atoms in total. The van der Waals surface area contributed by atoms with Crippen molar-refractivity contribution in [1.82, 2.24) is 10.5 Å². The number of urea groups is 1. The van der Waals surface area contributed by atoms with Gasteiger partial charge in [0, 0.05) is 5.41 Å². The lowest BCUT2D eigenvalue weighted by Crippen LogP contribution is -2.51. The average molecular weight is 313 g/mol. The smallest absolute Gasteiger partial charge is 0.319 e. The number of nitrogens with one attached hydrogen (secondary N) is 2. The Morgan fingerprint density at radius 2 is 1.87 bits per heavy atom. The molecule has 0 spiro atoms. The van der Waals surface area contributed by atoms with Crippen LogP contribution in [0.1, 0.15) is 43.7 Å². The van der Waals surface area contributed by atoms with E-state index in [0.717, 1.165) is 12.8 Å². The number of hydrogen-bond acceptors (Lipinski definition) is 3. The minimum atomic E-state index is -0.211. The molecule has 0 atom stereocenters. The highest BCUT2D eigenvalue weighted by atomic mass is 16.5. The van der Waals surface area contributed by atoms with Crippen LogP contribution < -0.4 is 10.6 Å². The standard InChI is InChI=1S/C18H23N3O2/c1-12-15(13(2)23-21-12)19-16(22)20-18(10-11-18)17(3,4)14-8-6-5-7-9-14/h5-9H,10-11H2,1-4H3,(H2,19,20,22). The van der Waals surface area contributed by atoms with E-state index in [9.17, 15) is 4.79 Å². The van der Waals surface area contributed by atoms with Crippen LogP contribution in [0.15, 0.2) is 34.9 Å². The molecular weight excluding hydrogens is 290 g/mol. The van der Waals surface area contributed by atoms with E-state index in [1.54, 1.807) is 6.92 Å². The summed E-state index contributed by atoms with van der Waals surface area (Å²) in [4.78, 5) is 12.5. The molecule has 1 heterocycles. The van der Waals surface area contributed by atoms with Crippen molar-refractivity contribution in [3.63, 3.8) is 0 Å². The molecule has 1 saturated carbocycles. The van der Waals surface area contributed by atoms with E-state index in [-0.39, 0.29) is 17.0 Å². The highest BCUT2D eigenvalue weighted by Gasteiger charge is 2.56. The number of anilines is 1. The van der Waals surface area contributed by atoms with Crippen molar-refractivity contribution in [2.75, 3.05) is 5.32 Å². The fraction of sp³-hybridized carbons (Fsp3) is 0.444. The van der Waals surface area contributed by atoms with Crippen molar-refractivity contribution in [2.24, 2.45) is 0 Å². The molecule has 5 heteroatoms. The van der Waals surface area contributed by atoms with Crippen LogP contribution in [-0.4, -0.2) is 16.7 Å². The van der Waals surface area contributed by atoms with Crippen LogP contribution in [-0.2, 0) is 5.41 Å². The lowest BCUT2D eigenvalue weighted by Gasteiger charge is -2.36. The van der Waals surface area contributed by atoms with E-state index in [4.69, 9.17) is 4.52 Å². The zero-order chi connectivity index (χ0) is 16.7. The Morgan fingerprint density at radius 1 is 1.22 bits per heavy atom. The second kappa shape index (κ2) is 5.41. The molecule has 0 saturated heterocycles. The van der Waals surface area contributed by atoms with E-state index >= 15 is 0 Å². The summed E-state index contributed by atoms with van der Waals surface area (Å²) >= 11 is 0. The summed E-state index contributed by atoms with van der Waals surface area (Å²) in [6.07, 6.45) is 1.95. The molecule has 3 rings (SSSR count). The number of amides is 2. The summed E-state index contributed by atoms with van der Waals surface area (Å²) in [6, 6.07) is 10.1. The Bertz CT molecular complexity index is 696. The predicted molar refractivity (Wildman–Crippen MR) is 89.6 cm³/mol. The Balaban J connectivity index is 1.75. The SMILES string of the molecule is Cc1noc(C)c1NC(=O)NC1(C(C)(C)c2ccccc2)CC1. The second-order valence-electron chi connectivity index (χ2n) is 6.85. The predicted octanol–water partition coefficient (Wildman–Crippen LogP) is 3.92. The van der Waals surface area contributed by atoms with Gasteiger partial charge in [0.05, 0.1) is 5.54 Å². The average Bonchev–Trinajstić information content (AvgIpc) is 3.25. The molecule has 2 amide bonds. The maximum Gasteiger partial charge on any atom is 0.319 e. The van der Waals surface area contributed by atoms with E-state index in [1.807, 2.05) is 25.1 Å². The van der Waals surface area contributed by atoms with Crippen molar-refractivity contribution < 1.29 is 9.32 Å². The number of carbonyl (C=O) groups excluding carboxylic acids is 1. The first-order valence-corrected chi connectivity index (χ1v) is 7.93. The van der Waals surface area contributed by atoms with Gasteiger partial charge in [-0.25, -0.2) is 4.79 Å². The molecule has 1 aromatic heterocycles. The number of hydrogen-bond donors (Lipinski definition) is 2. The van der Waals surface area contributed by atoms with Gasteiger partial charge < -0.3 is 15.2 Å². The summed E-state index contributed by atoms with van der Waals surface area (Å²) in [5, 5.41) is 9.91. The van der Waals surface area contributed by atoms with Crippen molar-refractivity contribution >= 4 is 11.7 Å². The monoisotopic (exact) mass is 313 g/mol. The fourth-order valence-electron chi connectivity index (χ4n) is 3.19. The minimum absolute atomic E-state index is 0.135. The van der Waals surface area contributed by atoms with Gasteiger partial charge in [-0.1, -0.05) is 49.3 Å². The Morgan fingerprint density at radius 3 is 2.39 bits per heavy atom. The first-order chi connectivity index (χ1) is 10.9. The summed E-state index contributed by atoms with van der Waals surface area (Å²) in [7, 11) is 0. The number of rotatable bonds is 4. The lowest BCUT2D eigenvalue weighted by atomic mass is 9.75. The van der Waals surface area contributed by atoms with E-state index in [1.165, 1.54) is 5.56 Å². The number of benzene rings is 1. The van der Waals surface area contributed by atoms with E-state index < -0.39 is 0 Å². The highest BCUT2D eigenvalue weighted by Crippen LogP contribution is 2.51. The molecule has 1 aromatic carbocycles. The zero-order valence-electron chi connectivity index (χ0n) is 14.1. The highest BCUT2D eigenvalue weighted by molar-refractivity contribution is 5.91. The molecule has 0 radical (unpaired) electrons. The van der Waals surface area contributed by atoms with Gasteiger partial charge in [-0.3, -0.25) is 0 Å². The quantitative estimate of drug-likeness (QED) is 0.899. The van der Waals surface area contributed by atoms with Crippen LogP contribution in [0.25, 0.3) is 0 Å². The number of carbonyl (C=O) groups is 1. The Hall–Kier alpha value is -2.30. The normalized spacial score (nSPS) is 16.0. The molecule has 23 heavy (non-hydrogen) atoms. The van der Waals surface area contributed by atoms with Crippen molar-refractivity contribution in [3.8, 4) is 0 Å². The van der Waals surface area contributed by atoms with Crippen LogP contribution >= 0.6 is 0 Å². The summed E-state index contributed by atoms with van der Waals surface area (Å²) in [5.41, 5.74) is 2.22. The van der Waals surface area contributed by atoms with Gasteiger partial charge in [0.15, 0.2) is 5.76 Å². The molecule has 2 aromatic rings. The molecule has 2 N–H and O–H groups in total. The third-order valence-corrected chi connectivity index (χ3v) is 5.07. The second-order valence-corrected chi connectivity index (χ2v) is 6.85. The molecule has 0 bridgehead atoms. The van der Waals surface area contributed by atoms with Crippen LogP contribution in [0.3, 0.4) is 0 Å². The largest absolute Gasteiger partial charge is 0.359 e. The maximum absolute atomic E-state index is 12.5. The van der Waals surface area contributed by atoms with Gasteiger partial charge in [0.2, 0.25) is 0 Å². The van der Waals surface area contributed by atoms with Gasteiger partial charge in [-0.05, 0) is 32.3 Å². The van der Waals surface area contributed by atoms with Gasteiger partial charge in [-0.2, -0.15) is 0 Å². The summed E-state index contributed by atoms with van der Waals surface area (Å²) in [5.74, 6) is 0.616. The number of aromatic nitrogens is 1. The third kappa shape index (κ3) is 2.71. The first kappa shape index (κ1) is 15.6. The fourth-order valence-corrected chi connectivity index (χ4v) is 3.19. The van der Waals surface area contributed by atoms with E-state index in [0.29, 0.717) is 17.1 Å². The van der Waals surface area contributed by atoms with Crippen LogP contribution in [0.5, 0.6) is 0 Å². The van der Waals surface area contributed by atoms with Crippen LogP contribution in [0.2, 0.25) is 0 Å². The zero-order valence-corrected chi connectivity index (χ0v) is 14.1. The Kier molecular flexibility index (Phi) is 3.66. The van der Waals surface area contributed by atoms with Crippen molar-refractivity contribution in [3.05, 3.63) is 47.3 Å². The minimum Gasteiger partial charge on any atom is -0.359 e.